The monoisotopic (exact) mass is 435 g/mol. The van der Waals surface area contributed by atoms with Gasteiger partial charge in [-0.25, -0.2) is 4.79 Å². The molecule has 5 nitrogen and oxygen atoms in total. The van der Waals surface area contributed by atoms with E-state index in [-0.39, 0.29) is 29.2 Å². The summed E-state index contributed by atoms with van der Waals surface area (Å²) in [4.78, 5) is 27.2. The van der Waals surface area contributed by atoms with Gasteiger partial charge in [-0.2, -0.15) is 0 Å². The van der Waals surface area contributed by atoms with Crippen molar-refractivity contribution in [2.24, 2.45) is 10.8 Å². The highest BCUT2D eigenvalue weighted by molar-refractivity contribution is 6.30. The molecule has 2 N–H and O–H groups in total. The second kappa shape index (κ2) is 9.17. The molecule has 0 aliphatic carbocycles. The molecule has 6 heteroatoms. The fourth-order valence-corrected chi connectivity index (χ4v) is 4.24. The highest BCUT2D eigenvalue weighted by Crippen LogP contribution is 2.42. The van der Waals surface area contributed by atoms with Crippen LogP contribution in [0, 0.1) is 10.8 Å². The summed E-state index contributed by atoms with van der Waals surface area (Å²) in [5.41, 5.74) is 0.630. The van der Waals surface area contributed by atoms with Gasteiger partial charge in [0.1, 0.15) is 0 Å². The molecule has 0 aromatic heterocycles. The molecule has 1 saturated heterocycles. The van der Waals surface area contributed by atoms with E-state index in [9.17, 15) is 9.59 Å². The number of carbonyl (C=O) groups excluding carboxylic acids is 2. The molecule has 1 fully saturated rings. The molecule has 2 rings (SSSR count). The number of likely N-dealkylation sites (tertiary alicyclic amines) is 1. The predicted molar refractivity (Wildman–Crippen MR) is 124 cm³/mol. The zero-order valence-electron chi connectivity index (χ0n) is 19.6. The van der Waals surface area contributed by atoms with Gasteiger partial charge in [-0.3, -0.25) is 4.79 Å². The predicted octanol–water partition coefficient (Wildman–Crippen LogP) is 5.20. The number of hydrogen-bond acceptors (Lipinski definition) is 2. The Bertz CT molecular complexity index is 751. The molecule has 0 radical (unpaired) electrons. The quantitative estimate of drug-likeness (QED) is 0.667. The molecule has 1 atom stereocenters. The summed E-state index contributed by atoms with van der Waals surface area (Å²) in [6.45, 7) is 16.4. The van der Waals surface area contributed by atoms with Gasteiger partial charge in [0.2, 0.25) is 5.91 Å². The van der Waals surface area contributed by atoms with E-state index in [2.05, 4.69) is 57.4 Å². The van der Waals surface area contributed by atoms with Gasteiger partial charge in [0, 0.05) is 36.6 Å². The van der Waals surface area contributed by atoms with Crippen LogP contribution in [0.15, 0.2) is 24.3 Å². The van der Waals surface area contributed by atoms with E-state index in [0.717, 1.165) is 18.0 Å². The summed E-state index contributed by atoms with van der Waals surface area (Å²) in [5, 5.41) is 6.58. The van der Waals surface area contributed by atoms with Gasteiger partial charge < -0.3 is 15.5 Å². The summed E-state index contributed by atoms with van der Waals surface area (Å²) in [7, 11) is 0. The van der Waals surface area contributed by atoms with Gasteiger partial charge in [0.05, 0.1) is 0 Å². The number of urea groups is 1. The fourth-order valence-electron chi connectivity index (χ4n) is 4.11. The van der Waals surface area contributed by atoms with Crippen molar-refractivity contribution in [2.75, 3.05) is 19.6 Å². The van der Waals surface area contributed by atoms with Crippen molar-refractivity contribution >= 4 is 23.5 Å². The third-order valence-electron chi connectivity index (χ3n) is 5.68. The van der Waals surface area contributed by atoms with Crippen LogP contribution in [0.4, 0.5) is 4.79 Å². The lowest BCUT2D eigenvalue weighted by atomic mass is 9.70. The zero-order valence-corrected chi connectivity index (χ0v) is 20.3. The first kappa shape index (κ1) is 24.5. The number of piperidine rings is 1. The second-order valence-electron chi connectivity index (χ2n) is 11.1. The zero-order chi connectivity index (χ0) is 22.7. The van der Waals surface area contributed by atoms with Gasteiger partial charge >= 0.3 is 6.03 Å². The van der Waals surface area contributed by atoms with E-state index >= 15 is 0 Å². The van der Waals surface area contributed by atoms with E-state index in [1.807, 2.05) is 30.9 Å². The number of nitrogens with one attached hydrogen (secondary N) is 2. The highest BCUT2D eigenvalue weighted by Gasteiger charge is 2.39. The Morgan fingerprint density at radius 2 is 1.73 bits per heavy atom. The topological polar surface area (TPSA) is 61.4 Å². The van der Waals surface area contributed by atoms with Gasteiger partial charge in [-0.1, -0.05) is 58.4 Å². The van der Waals surface area contributed by atoms with Gasteiger partial charge in [-0.05, 0) is 54.7 Å². The molecule has 1 heterocycles. The average molecular weight is 436 g/mol. The van der Waals surface area contributed by atoms with E-state index in [1.54, 1.807) is 0 Å². The van der Waals surface area contributed by atoms with Crippen LogP contribution in [0.2, 0.25) is 5.02 Å². The Kier molecular flexibility index (Phi) is 7.49. The van der Waals surface area contributed by atoms with Crippen molar-refractivity contribution in [3.05, 3.63) is 34.9 Å². The van der Waals surface area contributed by atoms with Crippen LogP contribution >= 0.6 is 11.6 Å². The fraction of sp³-hybridized carbons (Fsp3) is 0.667. The van der Waals surface area contributed by atoms with Crippen LogP contribution in [-0.4, -0.2) is 42.0 Å². The van der Waals surface area contributed by atoms with Crippen LogP contribution in [-0.2, 0) is 4.79 Å². The van der Waals surface area contributed by atoms with Crippen molar-refractivity contribution in [1.29, 1.82) is 0 Å². The first-order chi connectivity index (χ1) is 13.7. The number of hydrogen-bond donors (Lipinski definition) is 2. The largest absolute Gasteiger partial charge is 0.342 e. The minimum absolute atomic E-state index is 0.0112. The molecule has 0 saturated carbocycles. The molecule has 1 aliphatic heterocycles. The maximum absolute atomic E-state index is 13.0. The SMILES string of the molecule is CC(C)(C)CNC(=O)NC(C)(C)CC(=O)N1CCC(c2ccc(Cl)cc2)C(C)(C)C1. The minimum atomic E-state index is -0.615. The lowest BCUT2D eigenvalue weighted by Gasteiger charge is -2.45. The summed E-state index contributed by atoms with van der Waals surface area (Å²) in [6, 6.07) is 7.82. The molecule has 3 amide bonds. The van der Waals surface area contributed by atoms with Crippen molar-refractivity contribution < 1.29 is 9.59 Å². The molecular formula is C24H38ClN3O2. The van der Waals surface area contributed by atoms with Crippen LogP contribution in [0.5, 0.6) is 0 Å². The molecule has 0 spiro atoms. The number of amides is 3. The Hall–Kier alpha value is -1.75. The molecule has 30 heavy (non-hydrogen) atoms. The van der Waals surface area contributed by atoms with Crippen molar-refractivity contribution in [1.82, 2.24) is 15.5 Å². The maximum atomic E-state index is 13.0. The Morgan fingerprint density at radius 1 is 1.13 bits per heavy atom. The molecule has 0 bridgehead atoms. The number of halogens is 1. The van der Waals surface area contributed by atoms with Gasteiger partial charge in [-0.15, -0.1) is 0 Å². The number of rotatable bonds is 5. The molecule has 1 unspecified atom stereocenters. The summed E-state index contributed by atoms with van der Waals surface area (Å²) in [5.74, 6) is 0.465. The minimum Gasteiger partial charge on any atom is -0.342 e. The Morgan fingerprint density at radius 3 is 2.27 bits per heavy atom. The first-order valence-electron chi connectivity index (χ1n) is 10.8. The average Bonchev–Trinajstić information content (AvgIpc) is 2.59. The van der Waals surface area contributed by atoms with Crippen LogP contribution < -0.4 is 10.6 Å². The summed E-state index contributed by atoms with van der Waals surface area (Å²) in [6.07, 6.45) is 1.19. The van der Waals surface area contributed by atoms with Crippen LogP contribution in [0.25, 0.3) is 0 Å². The van der Waals surface area contributed by atoms with Crippen molar-refractivity contribution in [3.8, 4) is 0 Å². The highest BCUT2D eigenvalue weighted by atomic mass is 35.5. The number of carbonyl (C=O) groups is 2. The standard InChI is InChI=1S/C24H38ClN3O2/c1-22(2,3)15-26-21(30)27-24(6,7)14-20(29)28-13-12-19(23(4,5)16-28)17-8-10-18(25)11-9-17/h8-11,19H,12-16H2,1-7H3,(H2,26,27,30). The molecule has 1 aromatic carbocycles. The molecule has 1 aromatic rings. The third-order valence-corrected chi connectivity index (χ3v) is 5.93. The van der Waals surface area contributed by atoms with Crippen LogP contribution in [0.3, 0.4) is 0 Å². The van der Waals surface area contributed by atoms with Crippen molar-refractivity contribution in [2.45, 2.75) is 72.8 Å². The van der Waals surface area contributed by atoms with Gasteiger partial charge in [0.15, 0.2) is 0 Å². The second-order valence-corrected chi connectivity index (χ2v) is 11.6. The molecule has 168 valence electrons. The lowest BCUT2D eigenvalue weighted by molar-refractivity contribution is -0.136. The Labute approximate surface area is 186 Å². The van der Waals surface area contributed by atoms with E-state index < -0.39 is 5.54 Å². The summed E-state index contributed by atoms with van der Waals surface area (Å²) >= 11 is 6.04. The summed E-state index contributed by atoms with van der Waals surface area (Å²) < 4.78 is 0. The van der Waals surface area contributed by atoms with Gasteiger partial charge in [0.25, 0.3) is 0 Å². The molecular weight excluding hydrogens is 398 g/mol. The first-order valence-corrected chi connectivity index (χ1v) is 11.2. The van der Waals surface area contributed by atoms with E-state index in [4.69, 9.17) is 11.6 Å². The van der Waals surface area contributed by atoms with E-state index in [1.165, 1.54) is 5.56 Å². The third kappa shape index (κ3) is 7.19. The van der Waals surface area contributed by atoms with E-state index in [0.29, 0.717) is 19.0 Å². The smallest absolute Gasteiger partial charge is 0.315 e. The normalized spacial score (nSPS) is 19.3. The molecule has 1 aliphatic rings. The lowest BCUT2D eigenvalue weighted by Crippen LogP contribution is -2.54. The number of nitrogens with zero attached hydrogens (tertiary/aromatic N) is 1. The Balaban J connectivity index is 1.94. The van der Waals surface area contributed by atoms with Crippen molar-refractivity contribution in [3.63, 3.8) is 0 Å². The maximum Gasteiger partial charge on any atom is 0.315 e. The number of benzene rings is 1. The van der Waals surface area contributed by atoms with Crippen LogP contribution in [0.1, 0.15) is 72.8 Å².